The maximum atomic E-state index is 12.1. The largest absolute Gasteiger partial charge is 0.310 e. The molecule has 0 unspecified atom stereocenters. The molecule has 0 saturated carbocycles. The highest BCUT2D eigenvalue weighted by Gasteiger charge is 2.14. The number of nitrogens with zero attached hydrogens (tertiary/aromatic N) is 3. The van der Waals surface area contributed by atoms with Crippen molar-refractivity contribution in [3.05, 3.63) is 53.9 Å². The van der Waals surface area contributed by atoms with Crippen molar-refractivity contribution in [2.75, 3.05) is 12.3 Å². The second-order valence-corrected chi connectivity index (χ2v) is 6.46. The molecular weight excluding hydrogens is 288 g/mol. The Bertz CT molecular complexity index is 739. The summed E-state index contributed by atoms with van der Waals surface area (Å²) in [5, 5.41) is 19.4. The van der Waals surface area contributed by atoms with Crippen molar-refractivity contribution < 1.29 is 8.42 Å². The van der Waals surface area contributed by atoms with E-state index >= 15 is 0 Å². The average Bonchev–Trinajstić information content (AvgIpc) is 2.53. The molecule has 1 N–H and O–H groups in total. The van der Waals surface area contributed by atoms with Crippen LogP contribution in [0, 0.1) is 11.3 Å². The van der Waals surface area contributed by atoms with Crippen molar-refractivity contribution in [3.8, 4) is 6.07 Å². The van der Waals surface area contributed by atoms with Crippen LogP contribution in [-0.4, -0.2) is 30.9 Å². The zero-order chi connectivity index (χ0) is 15.1. The smallest absolute Gasteiger partial charge is 0.179 e. The number of nitrogens with one attached hydrogen (secondary N) is 1. The van der Waals surface area contributed by atoms with Crippen molar-refractivity contribution in [2.24, 2.45) is 0 Å². The molecule has 0 bridgehead atoms. The maximum absolute atomic E-state index is 12.1. The lowest BCUT2D eigenvalue weighted by Crippen LogP contribution is -2.23. The summed E-state index contributed by atoms with van der Waals surface area (Å²) in [7, 11) is -3.40. The molecule has 0 radical (unpaired) electrons. The van der Waals surface area contributed by atoms with Gasteiger partial charge in [0.2, 0.25) is 0 Å². The van der Waals surface area contributed by atoms with Crippen molar-refractivity contribution in [1.29, 1.82) is 5.26 Å². The fourth-order valence-corrected chi connectivity index (χ4v) is 2.97. The normalized spacial score (nSPS) is 11.0. The van der Waals surface area contributed by atoms with Crippen molar-refractivity contribution in [1.82, 2.24) is 15.5 Å². The standard InChI is InChI=1S/C14H14N4O2S/c15-10-12-3-1-5-14(9-12)21(19,20)8-7-16-11-13-4-2-6-17-18-13/h1-6,9,16H,7-8,11H2. The molecule has 2 rings (SSSR count). The van der Waals surface area contributed by atoms with Gasteiger partial charge in [-0.05, 0) is 30.3 Å². The molecule has 0 spiro atoms. The Balaban J connectivity index is 1.91. The lowest BCUT2D eigenvalue weighted by molar-refractivity contribution is 0.590. The number of nitriles is 1. The number of aromatic nitrogens is 2. The van der Waals surface area contributed by atoms with Crippen molar-refractivity contribution in [2.45, 2.75) is 11.4 Å². The highest BCUT2D eigenvalue weighted by atomic mass is 32.2. The molecule has 0 aliphatic heterocycles. The molecule has 0 saturated heterocycles. The summed E-state index contributed by atoms with van der Waals surface area (Å²) in [6.07, 6.45) is 1.58. The Morgan fingerprint density at radius 1 is 1.24 bits per heavy atom. The average molecular weight is 302 g/mol. The minimum Gasteiger partial charge on any atom is -0.310 e. The summed E-state index contributed by atoms with van der Waals surface area (Å²) in [6.45, 7) is 0.761. The maximum Gasteiger partial charge on any atom is 0.179 e. The van der Waals surface area contributed by atoms with Gasteiger partial charge in [-0.15, -0.1) is 0 Å². The Labute approximate surface area is 123 Å². The topological polar surface area (TPSA) is 95.7 Å². The van der Waals surface area contributed by atoms with Crippen LogP contribution >= 0.6 is 0 Å². The van der Waals surface area contributed by atoms with Crippen molar-refractivity contribution in [3.63, 3.8) is 0 Å². The third-order valence-corrected chi connectivity index (χ3v) is 4.52. The van der Waals surface area contributed by atoms with E-state index in [2.05, 4.69) is 15.5 Å². The summed E-state index contributed by atoms with van der Waals surface area (Å²) in [5.74, 6) is -0.0395. The molecule has 2 aromatic rings. The molecular formula is C14H14N4O2S. The van der Waals surface area contributed by atoms with Gasteiger partial charge in [-0.1, -0.05) is 6.07 Å². The van der Waals surface area contributed by atoms with Gasteiger partial charge in [0.15, 0.2) is 9.84 Å². The molecule has 0 aliphatic carbocycles. The third-order valence-electron chi connectivity index (χ3n) is 2.80. The van der Waals surface area contributed by atoms with E-state index in [0.29, 0.717) is 18.7 Å². The van der Waals surface area contributed by atoms with Gasteiger partial charge in [-0.25, -0.2) is 8.42 Å². The first kappa shape index (κ1) is 15.1. The van der Waals surface area contributed by atoms with Crippen LogP contribution in [0.3, 0.4) is 0 Å². The summed E-state index contributed by atoms with van der Waals surface area (Å²) in [4.78, 5) is 0.169. The summed E-state index contributed by atoms with van der Waals surface area (Å²) >= 11 is 0. The second-order valence-electron chi connectivity index (χ2n) is 4.35. The third kappa shape index (κ3) is 4.34. The van der Waals surface area contributed by atoms with Gasteiger partial charge in [0.1, 0.15) is 0 Å². The van der Waals surface area contributed by atoms with E-state index in [9.17, 15) is 8.42 Å². The number of benzene rings is 1. The monoisotopic (exact) mass is 302 g/mol. The van der Waals surface area contributed by atoms with Gasteiger partial charge in [0, 0.05) is 19.3 Å². The van der Waals surface area contributed by atoms with Gasteiger partial charge in [0.25, 0.3) is 0 Å². The quantitative estimate of drug-likeness (QED) is 0.797. The van der Waals surface area contributed by atoms with Gasteiger partial charge in [0.05, 0.1) is 28.0 Å². The molecule has 0 atom stereocenters. The minimum absolute atomic E-state index is 0.0395. The van der Waals surface area contributed by atoms with Crippen LogP contribution < -0.4 is 5.32 Å². The highest BCUT2D eigenvalue weighted by Crippen LogP contribution is 2.12. The molecule has 7 heteroatoms. The number of sulfone groups is 1. The Hall–Kier alpha value is -2.30. The molecule has 0 amide bonds. The Morgan fingerprint density at radius 3 is 2.81 bits per heavy atom. The lowest BCUT2D eigenvalue weighted by Gasteiger charge is -2.06. The summed E-state index contributed by atoms with van der Waals surface area (Å²) in [6, 6.07) is 11.5. The van der Waals surface area contributed by atoms with E-state index < -0.39 is 9.84 Å². The van der Waals surface area contributed by atoms with Crippen LogP contribution in [0.5, 0.6) is 0 Å². The van der Waals surface area contributed by atoms with Crippen LogP contribution in [0.15, 0.2) is 47.5 Å². The Morgan fingerprint density at radius 2 is 2.10 bits per heavy atom. The molecule has 1 heterocycles. The number of hydrogen-bond acceptors (Lipinski definition) is 6. The molecule has 1 aromatic heterocycles. The fourth-order valence-electron chi connectivity index (χ4n) is 1.73. The first-order chi connectivity index (χ1) is 10.1. The predicted molar refractivity (Wildman–Crippen MR) is 76.9 cm³/mol. The summed E-state index contributed by atoms with van der Waals surface area (Å²) in [5.41, 5.74) is 1.09. The zero-order valence-electron chi connectivity index (χ0n) is 11.2. The van der Waals surface area contributed by atoms with Crippen LogP contribution in [0.4, 0.5) is 0 Å². The number of rotatable bonds is 6. The molecule has 21 heavy (non-hydrogen) atoms. The van der Waals surface area contributed by atoms with E-state index in [-0.39, 0.29) is 10.6 Å². The van der Waals surface area contributed by atoms with Crippen LogP contribution in [0.25, 0.3) is 0 Å². The fraction of sp³-hybridized carbons (Fsp3) is 0.214. The van der Waals surface area contributed by atoms with E-state index in [1.165, 1.54) is 12.1 Å². The predicted octanol–water partition coefficient (Wildman–Crippen LogP) is 0.912. The van der Waals surface area contributed by atoms with Crippen LogP contribution in [-0.2, 0) is 16.4 Å². The van der Waals surface area contributed by atoms with Crippen LogP contribution in [0.2, 0.25) is 0 Å². The van der Waals surface area contributed by atoms with E-state index in [1.54, 1.807) is 24.4 Å². The second kappa shape index (κ2) is 6.92. The summed E-state index contributed by atoms with van der Waals surface area (Å²) < 4.78 is 24.3. The molecule has 108 valence electrons. The van der Waals surface area contributed by atoms with Gasteiger partial charge >= 0.3 is 0 Å². The van der Waals surface area contributed by atoms with Gasteiger partial charge in [-0.2, -0.15) is 15.5 Å². The Kier molecular flexibility index (Phi) is 4.98. The minimum atomic E-state index is -3.40. The first-order valence-corrected chi connectivity index (χ1v) is 7.97. The molecule has 0 fully saturated rings. The number of hydrogen-bond donors (Lipinski definition) is 1. The first-order valence-electron chi connectivity index (χ1n) is 6.32. The SMILES string of the molecule is N#Cc1cccc(S(=O)(=O)CCNCc2cccnn2)c1. The van der Waals surface area contributed by atoms with E-state index in [0.717, 1.165) is 5.69 Å². The zero-order valence-corrected chi connectivity index (χ0v) is 12.0. The highest BCUT2D eigenvalue weighted by molar-refractivity contribution is 7.91. The van der Waals surface area contributed by atoms with Gasteiger partial charge < -0.3 is 5.32 Å². The molecule has 0 aliphatic rings. The lowest BCUT2D eigenvalue weighted by atomic mass is 10.2. The van der Waals surface area contributed by atoms with E-state index in [4.69, 9.17) is 5.26 Å². The molecule has 6 nitrogen and oxygen atoms in total. The van der Waals surface area contributed by atoms with Gasteiger partial charge in [-0.3, -0.25) is 0 Å². The van der Waals surface area contributed by atoms with Crippen molar-refractivity contribution >= 4 is 9.84 Å². The van der Waals surface area contributed by atoms with Crippen LogP contribution in [0.1, 0.15) is 11.3 Å². The van der Waals surface area contributed by atoms with E-state index in [1.807, 2.05) is 12.1 Å². The molecule has 1 aromatic carbocycles.